The van der Waals surface area contributed by atoms with E-state index >= 15 is 0 Å². The van der Waals surface area contributed by atoms with Gasteiger partial charge in [-0.15, -0.1) is 24.0 Å². The van der Waals surface area contributed by atoms with Gasteiger partial charge in [-0.3, -0.25) is 0 Å². The fourth-order valence-electron chi connectivity index (χ4n) is 4.20. The zero-order valence-corrected chi connectivity index (χ0v) is 19.4. The minimum atomic E-state index is 0. The molecule has 1 aromatic rings. The number of likely N-dealkylation sites (tertiary alicyclic amines) is 1. The summed E-state index contributed by atoms with van der Waals surface area (Å²) in [6.45, 7) is 5.82. The van der Waals surface area contributed by atoms with Crippen molar-refractivity contribution in [1.29, 1.82) is 0 Å². The van der Waals surface area contributed by atoms with Gasteiger partial charge in [-0.05, 0) is 50.3 Å². The van der Waals surface area contributed by atoms with Gasteiger partial charge in [0.05, 0.1) is 13.7 Å². The van der Waals surface area contributed by atoms with Crippen LogP contribution in [-0.4, -0.2) is 54.8 Å². The van der Waals surface area contributed by atoms with Gasteiger partial charge in [0.25, 0.3) is 0 Å². The van der Waals surface area contributed by atoms with Crippen LogP contribution in [0.1, 0.15) is 51.0 Å². The number of piperidine rings is 1. The number of nitrogens with one attached hydrogen (secondary N) is 2. The van der Waals surface area contributed by atoms with Crippen LogP contribution in [0.25, 0.3) is 0 Å². The van der Waals surface area contributed by atoms with Crippen LogP contribution < -0.4 is 15.4 Å². The Morgan fingerprint density at radius 2 is 1.93 bits per heavy atom. The van der Waals surface area contributed by atoms with Crippen molar-refractivity contribution in [3.8, 4) is 11.5 Å². The first-order valence-corrected chi connectivity index (χ1v) is 10.3. The molecular weight excluding hydrogens is 467 g/mol. The number of benzene rings is 1. The average molecular weight is 502 g/mol. The lowest BCUT2D eigenvalue weighted by molar-refractivity contribution is 0.150. The topological polar surface area (TPSA) is 69.1 Å². The first-order chi connectivity index (χ1) is 13.2. The second kappa shape index (κ2) is 11.7. The number of halogens is 1. The van der Waals surface area contributed by atoms with E-state index in [1.54, 1.807) is 19.2 Å². The number of aromatic hydroxyl groups is 1. The van der Waals surface area contributed by atoms with Crippen molar-refractivity contribution in [2.45, 2.75) is 64.1 Å². The van der Waals surface area contributed by atoms with Crippen molar-refractivity contribution in [3.63, 3.8) is 0 Å². The Labute approximate surface area is 186 Å². The van der Waals surface area contributed by atoms with E-state index in [2.05, 4.69) is 22.5 Å². The van der Waals surface area contributed by atoms with Crippen LogP contribution in [0.2, 0.25) is 0 Å². The number of hydrogen-bond donors (Lipinski definition) is 3. The van der Waals surface area contributed by atoms with Gasteiger partial charge in [0.15, 0.2) is 17.5 Å². The lowest BCUT2D eigenvalue weighted by Gasteiger charge is -2.36. The smallest absolute Gasteiger partial charge is 0.191 e. The Balaban J connectivity index is 0.00000280. The minimum Gasteiger partial charge on any atom is -0.504 e. The molecule has 158 valence electrons. The molecule has 0 radical (unpaired) electrons. The maximum Gasteiger partial charge on any atom is 0.191 e. The summed E-state index contributed by atoms with van der Waals surface area (Å²) in [6.07, 6.45) is 7.92. The lowest BCUT2D eigenvalue weighted by atomic mass is 10.0. The van der Waals surface area contributed by atoms with E-state index in [0.29, 0.717) is 18.3 Å². The predicted octanol–water partition coefficient (Wildman–Crippen LogP) is 3.48. The summed E-state index contributed by atoms with van der Waals surface area (Å²) in [7, 11) is 1.55. The van der Waals surface area contributed by atoms with Crippen LogP contribution in [-0.2, 0) is 6.54 Å². The van der Waals surface area contributed by atoms with E-state index < -0.39 is 0 Å². The molecule has 0 spiro atoms. The Morgan fingerprint density at radius 1 is 1.21 bits per heavy atom. The maximum atomic E-state index is 9.93. The third-order valence-corrected chi connectivity index (χ3v) is 5.72. The molecule has 1 aromatic carbocycles. The van der Waals surface area contributed by atoms with Gasteiger partial charge >= 0.3 is 0 Å². The summed E-state index contributed by atoms with van der Waals surface area (Å²) in [5.41, 5.74) is 0.960. The van der Waals surface area contributed by atoms with Gasteiger partial charge in [-0.25, -0.2) is 4.99 Å². The summed E-state index contributed by atoms with van der Waals surface area (Å²) in [5.74, 6) is 1.50. The molecule has 28 heavy (non-hydrogen) atoms. The first-order valence-electron chi connectivity index (χ1n) is 10.3. The number of phenolic OH excluding ortho intramolecular Hbond substituents is 1. The van der Waals surface area contributed by atoms with Crippen LogP contribution in [0.15, 0.2) is 23.2 Å². The minimum absolute atomic E-state index is 0. The fourth-order valence-corrected chi connectivity index (χ4v) is 4.20. The van der Waals surface area contributed by atoms with E-state index in [9.17, 15) is 5.11 Å². The highest BCUT2D eigenvalue weighted by molar-refractivity contribution is 14.0. The lowest BCUT2D eigenvalue weighted by Crippen LogP contribution is -2.50. The highest BCUT2D eigenvalue weighted by Gasteiger charge is 2.27. The molecule has 7 heteroatoms. The molecule has 1 saturated heterocycles. The second-order valence-corrected chi connectivity index (χ2v) is 7.59. The third kappa shape index (κ3) is 6.40. The first kappa shape index (κ1) is 23.1. The van der Waals surface area contributed by atoms with E-state index in [0.717, 1.165) is 24.1 Å². The van der Waals surface area contributed by atoms with Gasteiger partial charge in [0, 0.05) is 31.7 Å². The van der Waals surface area contributed by atoms with Crippen molar-refractivity contribution >= 4 is 29.9 Å². The number of aliphatic imine (C=N–C) groups is 1. The Bertz CT molecular complexity index is 627. The molecule has 2 fully saturated rings. The van der Waals surface area contributed by atoms with E-state index in [4.69, 9.17) is 9.73 Å². The molecule has 0 bridgehead atoms. The molecule has 0 unspecified atom stereocenters. The summed E-state index contributed by atoms with van der Waals surface area (Å²) in [6, 6.07) is 6.73. The molecule has 3 rings (SSSR count). The molecule has 0 atom stereocenters. The number of phenols is 1. The van der Waals surface area contributed by atoms with Crippen molar-refractivity contribution in [1.82, 2.24) is 15.5 Å². The number of ether oxygens (including phenoxy) is 1. The van der Waals surface area contributed by atoms with E-state index in [1.807, 2.05) is 6.07 Å². The van der Waals surface area contributed by atoms with Crippen molar-refractivity contribution in [3.05, 3.63) is 23.8 Å². The van der Waals surface area contributed by atoms with Crippen LogP contribution in [0, 0.1) is 0 Å². The van der Waals surface area contributed by atoms with Crippen LogP contribution >= 0.6 is 24.0 Å². The van der Waals surface area contributed by atoms with Crippen LogP contribution in [0.4, 0.5) is 0 Å². The molecule has 0 amide bonds. The Hall–Kier alpha value is -1.22. The Kier molecular flexibility index (Phi) is 9.64. The molecule has 2 aliphatic rings. The van der Waals surface area contributed by atoms with Gasteiger partial charge in [0.2, 0.25) is 0 Å². The molecule has 1 aliphatic carbocycles. The number of hydrogen-bond acceptors (Lipinski definition) is 4. The van der Waals surface area contributed by atoms with Gasteiger partial charge in [0.1, 0.15) is 0 Å². The number of nitrogens with zero attached hydrogens (tertiary/aromatic N) is 2. The molecular formula is C21H35IN4O2. The third-order valence-electron chi connectivity index (χ3n) is 5.72. The zero-order chi connectivity index (χ0) is 19.1. The van der Waals surface area contributed by atoms with Gasteiger partial charge in [-0.2, -0.15) is 0 Å². The number of guanidine groups is 1. The van der Waals surface area contributed by atoms with E-state index in [1.165, 1.54) is 51.6 Å². The maximum absolute atomic E-state index is 9.93. The number of methoxy groups -OCH3 is 1. The highest BCUT2D eigenvalue weighted by Crippen LogP contribution is 2.27. The molecule has 6 nitrogen and oxygen atoms in total. The SMILES string of the molecule is CCNC(=NCc1ccc(OC)c(O)c1)NC1CCN(C2CCCC2)CC1.I. The largest absolute Gasteiger partial charge is 0.504 e. The molecule has 1 heterocycles. The highest BCUT2D eigenvalue weighted by atomic mass is 127. The standard InChI is InChI=1S/C21H34N4O2.HI/c1-3-22-21(23-15-16-8-9-20(27-2)19(26)14-16)24-17-10-12-25(13-11-17)18-6-4-5-7-18;/h8-9,14,17-18,26H,3-7,10-13,15H2,1-2H3,(H2,22,23,24);1H. The monoisotopic (exact) mass is 502 g/mol. The second-order valence-electron chi connectivity index (χ2n) is 7.59. The zero-order valence-electron chi connectivity index (χ0n) is 17.1. The quantitative estimate of drug-likeness (QED) is 0.316. The van der Waals surface area contributed by atoms with E-state index in [-0.39, 0.29) is 29.7 Å². The number of rotatable bonds is 6. The average Bonchev–Trinajstić information content (AvgIpc) is 3.22. The van der Waals surface area contributed by atoms with Crippen LogP contribution in [0.5, 0.6) is 11.5 Å². The summed E-state index contributed by atoms with van der Waals surface area (Å²) >= 11 is 0. The molecule has 1 saturated carbocycles. The van der Waals surface area contributed by atoms with Gasteiger partial charge < -0.3 is 25.4 Å². The Morgan fingerprint density at radius 3 is 2.54 bits per heavy atom. The normalized spacial score (nSPS) is 19.3. The summed E-state index contributed by atoms with van der Waals surface area (Å²) < 4.78 is 5.10. The van der Waals surface area contributed by atoms with Crippen molar-refractivity contribution in [2.75, 3.05) is 26.7 Å². The summed E-state index contributed by atoms with van der Waals surface area (Å²) in [4.78, 5) is 7.39. The predicted molar refractivity (Wildman–Crippen MR) is 125 cm³/mol. The summed E-state index contributed by atoms with van der Waals surface area (Å²) in [5, 5.41) is 16.9. The molecule has 3 N–H and O–H groups in total. The van der Waals surface area contributed by atoms with Crippen molar-refractivity contribution in [2.24, 2.45) is 4.99 Å². The van der Waals surface area contributed by atoms with Gasteiger partial charge in [-0.1, -0.05) is 18.9 Å². The van der Waals surface area contributed by atoms with Crippen molar-refractivity contribution < 1.29 is 9.84 Å². The van der Waals surface area contributed by atoms with Crippen LogP contribution in [0.3, 0.4) is 0 Å². The fraction of sp³-hybridized carbons (Fsp3) is 0.667. The molecule has 0 aromatic heterocycles. The molecule has 1 aliphatic heterocycles.